The molecule has 1 unspecified atom stereocenters. The Hall–Kier alpha value is -1.47. The van der Waals surface area contributed by atoms with Gasteiger partial charge < -0.3 is 5.11 Å². The molecule has 0 saturated heterocycles. The van der Waals surface area contributed by atoms with E-state index in [2.05, 4.69) is 4.72 Å². The van der Waals surface area contributed by atoms with Crippen LogP contribution < -0.4 is 4.72 Å². The molecule has 0 saturated carbocycles. The van der Waals surface area contributed by atoms with Crippen molar-refractivity contribution in [3.05, 3.63) is 30.1 Å². The van der Waals surface area contributed by atoms with Crippen LogP contribution in [0.5, 0.6) is 0 Å². The molecule has 0 aliphatic carbocycles. The number of rotatable bonds is 6. The fourth-order valence-corrected chi connectivity index (χ4v) is 2.82. The van der Waals surface area contributed by atoms with Crippen molar-refractivity contribution in [2.75, 3.05) is 0 Å². The molecule has 0 fully saturated rings. The van der Waals surface area contributed by atoms with Crippen molar-refractivity contribution in [1.82, 2.24) is 4.72 Å². The van der Waals surface area contributed by atoms with E-state index in [0.29, 0.717) is 6.42 Å². The number of halogens is 1. The molecular weight excluding hydrogens is 261 g/mol. The highest BCUT2D eigenvalue weighted by Crippen LogP contribution is 2.14. The van der Waals surface area contributed by atoms with E-state index >= 15 is 0 Å². The first-order valence-corrected chi connectivity index (χ1v) is 6.83. The van der Waals surface area contributed by atoms with Crippen LogP contribution >= 0.6 is 0 Å². The van der Waals surface area contributed by atoms with Gasteiger partial charge >= 0.3 is 5.97 Å². The van der Waals surface area contributed by atoms with Crippen LogP contribution in [0, 0.1) is 5.82 Å². The van der Waals surface area contributed by atoms with Crippen molar-refractivity contribution >= 4 is 16.0 Å². The highest BCUT2D eigenvalue weighted by Gasteiger charge is 2.23. The molecule has 5 nitrogen and oxygen atoms in total. The lowest BCUT2D eigenvalue weighted by molar-refractivity contribution is -0.137. The van der Waals surface area contributed by atoms with E-state index in [4.69, 9.17) is 5.11 Å². The minimum absolute atomic E-state index is 0.306. The summed E-state index contributed by atoms with van der Waals surface area (Å²) < 4.78 is 39.3. The van der Waals surface area contributed by atoms with Crippen LogP contribution in [0.25, 0.3) is 0 Å². The van der Waals surface area contributed by atoms with Gasteiger partial charge in [0.2, 0.25) is 10.0 Å². The molecule has 1 atom stereocenters. The van der Waals surface area contributed by atoms with Gasteiger partial charge in [-0.15, -0.1) is 0 Å². The van der Waals surface area contributed by atoms with Gasteiger partial charge in [0.25, 0.3) is 0 Å². The van der Waals surface area contributed by atoms with Crippen molar-refractivity contribution in [3.63, 3.8) is 0 Å². The second kappa shape index (κ2) is 5.92. The standard InChI is InChI=1S/C11H14FNO4S/c1-2-8(7-11(14)15)13-18(16,17)10-6-4-3-5-9(10)12/h3-6,8,13H,2,7H2,1H3,(H,14,15). The van der Waals surface area contributed by atoms with Gasteiger partial charge in [-0.2, -0.15) is 0 Å². The van der Waals surface area contributed by atoms with E-state index in [1.165, 1.54) is 12.1 Å². The predicted octanol–water partition coefficient (Wildman–Crippen LogP) is 1.36. The van der Waals surface area contributed by atoms with E-state index in [-0.39, 0.29) is 6.42 Å². The Bertz CT molecular complexity index is 530. The number of hydrogen-bond acceptors (Lipinski definition) is 3. The largest absolute Gasteiger partial charge is 0.481 e. The van der Waals surface area contributed by atoms with E-state index in [1.54, 1.807) is 6.92 Å². The highest BCUT2D eigenvalue weighted by atomic mass is 32.2. The van der Waals surface area contributed by atoms with E-state index in [1.807, 2.05) is 0 Å². The number of benzene rings is 1. The first-order valence-electron chi connectivity index (χ1n) is 5.35. The summed E-state index contributed by atoms with van der Waals surface area (Å²) in [4.78, 5) is 10.1. The lowest BCUT2D eigenvalue weighted by Gasteiger charge is -2.15. The lowest BCUT2D eigenvalue weighted by Crippen LogP contribution is -2.36. The number of hydrogen-bond donors (Lipinski definition) is 2. The molecule has 0 aliphatic rings. The third kappa shape index (κ3) is 3.78. The third-order valence-corrected chi connectivity index (χ3v) is 3.92. The molecule has 18 heavy (non-hydrogen) atoms. The van der Waals surface area contributed by atoms with Gasteiger partial charge in [0.05, 0.1) is 6.42 Å². The molecule has 0 spiro atoms. The highest BCUT2D eigenvalue weighted by molar-refractivity contribution is 7.89. The van der Waals surface area contributed by atoms with Crippen LogP contribution in [0.4, 0.5) is 4.39 Å². The summed E-state index contributed by atoms with van der Waals surface area (Å²) in [6.45, 7) is 1.65. The Kier molecular flexibility index (Phi) is 4.80. The van der Waals surface area contributed by atoms with E-state index in [9.17, 15) is 17.6 Å². The quantitative estimate of drug-likeness (QED) is 0.821. The van der Waals surface area contributed by atoms with Crippen molar-refractivity contribution in [2.24, 2.45) is 0 Å². The average Bonchev–Trinajstić information content (AvgIpc) is 2.27. The second-order valence-electron chi connectivity index (χ2n) is 3.75. The van der Waals surface area contributed by atoms with Crippen molar-refractivity contribution in [3.8, 4) is 0 Å². The van der Waals surface area contributed by atoms with Crippen LogP contribution in [0.3, 0.4) is 0 Å². The van der Waals surface area contributed by atoms with Gasteiger partial charge in [-0.1, -0.05) is 19.1 Å². The van der Waals surface area contributed by atoms with Gasteiger partial charge in [-0.3, -0.25) is 4.79 Å². The smallest absolute Gasteiger partial charge is 0.304 e. The average molecular weight is 275 g/mol. The van der Waals surface area contributed by atoms with Crippen molar-refractivity contribution in [2.45, 2.75) is 30.7 Å². The first-order chi connectivity index (χ1) is 8.36. The zero-order chi connectivity index (χ0) is 13.8. The van der Waals surface area contributed by atoms with E-state index in [0.717, 1.165) is 12.1 Å². The zero-order valence-electron chi connectivity index (χ0n) is 9.76. The Morgan fingerprint density at radius 2 is 2.06 bits per heavy atom. The maximum absolute atomic E-state index is 13.4. The molecule has 0 aliphatic heterocycles. The molecule has 1 aromatic carbocycles. The van der Waals surface area contributed by atoms with Gasteiger partial charge in [-0.25, -0.2) is 17.5 Å². The van der Waals surface area contributed by atoms with Gasteiger partial charge in [0, 0.05) is 6.04 Å². The van der Waals surface area contributed by atoms with Crippen LogP contribution in [0.2, 0.25) is 0 Å². The number of carboxylic acids is 1. The topological polar surface area (TPSA) is 83.5 Å². The number of aliphatic carboxylic acids is 1. The number of sulfonamides is 1. The van der Waals surface area contributed by atoms with Gasteiger partial charge in [0.1, 0.15) is 10.7 Å². The molecule has 0 bridgehead atoms. The molecule has 1 aromatic rings. The summed E-state index contributed by atoms with van der Waals surface area (Å²) in [5.41, 5.74) is 0. The Morgan fingerprint density at radius 1 is 1.44 bits per heavy atom. The summed E-state index contributed by atoms with van der Waals surface area (Å²) in [7, 11) is -4.04. The monoisotopic (exact) mass is 275 g/mol. The molecule has 7 heteroatoms. The van der Waals surface area contributed by atoms with Gasteiger partial charge in [-0.05, 0) is 18.6 Å². The summed E-state index contributed by atoms with van der Waals surface area (Å²) in [5.74, 6) is -1.98. The Labute approximate surface area is 105 Å². The van der Waals surface area contributed by atoms with E-state index < -0.39 is 32.7 Å². The van der Waals surface area contributed by atoms with Crippen LogP contribution in [-0.4, -0.2) is 25.5 Å². The third-order valence-electron chi connectivity index (χ3n) is 2.36. The van der Waals surface area contributed by atoms with Crippen molar-refractivity contribution < 1.29 is 22.7 Å². The fourth-order valence-electron chi connectivity index (χ4n) is 1.43. The molecule has 0 radical (unpaired) electrons. The Morgan fingerprint density at radius 3 is 2.56 bits per heavy atom. The minimum atomic E-state index is -4.04. The minimum Gasteiger partial charge on any atom is -0.481 e. The van der Waals surface area contributed by atoms with Crippen molar-refractivity contribution in [1.29, 1.82) is 0 Å². The fraction of sp³-hybridized carbons (Fsp3) is 0.364. The number of nitrogens with one attached hydrogen (secondary N) is 1. The summed E-state index contributed by atoms with van der Waals surface area (Å²) in [6, 6.07) is 4.18. The number of carboxylic acid groups (broad SMARTS) is 1. The molecule has 0 amide bonds. The summed E-state index contributed by atoms with van der Waals surface area (Å²) >= 11 is 0. The normalized spacial score (nSPS) is 13.2. The maximum Gasteiger partial charge on any atom is 0.304 e. The molecule has 2 N–H and O–H groups in total. The summed E-state index contributed by atoms with van der Waals surface area (Å²) in [5, 5.41) is 8.63. The zero-order valence-corrected chi connectivity index (χ0v) is 10.6. The molecule has 0 heterocycles. The van der Waals surface area contributed by atoms with Crippen LogP contribution in [0.1, 0.15) is 19.8 Å². The van der Waals surface area contributed by atoms with Crippen LogP contribution in [0.15, 0.2) is 29.2 Å². The molecular formula is C11H14FNO4S. The second-order valence-corrected chi connectivity index (χ2v) is 5.44. The molecule has 1 rings (SSSR count). The SMILES string of the molecule is CCC(CC(=O)O)NS(=O)(=O)c1ccccc1F. The predicted molar refractivity (Wildman–Crippen MR) is 63.1 cm³/mol. The summed E-state index contributed by atoms with van der Waals surface area (Å²) in [6.07, 6.45) is -0.0375. The maximum atomic E-state index is 13.4. The van der Waals surface area contributed by atoms with Gasteiger partial charge in [0.15, 0.2) is 0 Å². The van der Waals surface area contributed by atoms with Crippen LogP contribution in [-0.2, 0) is 14.8 Å². The molecule has 0 aromatic heterocycles. The number of carbonyl (C=O) groups is 1. The molecule has 100 valence electrons. The lowest BCUT2D eigenvalue weighted by atomic mass is 10.2. The Balaban J connectivity index is 2.94. The first kappa shape index (κ1) is 14.6.